The number of piperidine rings is 1. The summed E-state index contributed by atoms with van der Waals surface area (Å²) in [7, 11) is 4.02. The van der Waals surface area contributed by atoms with Crippen molar-refractivity contribution in [3.63, 3.8) is 0 Å². The summed E-state index contributed by atoms with van der Waals surface area (Å²) in [5, 5.41) is 3.92. The van der Waals surface area contributed by atoms with E-state index in [4.69, 9.17) is 0 Å². The maximum atomic E-state index is 12.1. The van der Waals surface area contributed by atoms with Gasteiger partial charge in [0.1, 0.15) is 0 Å². The summed E-state index contributed by atoms with van der Waals surface area (Å²) >= 11 is 0. The molecule has 0 radical (unpaired) electrons. The third-order valence-electron chi connectivity index (χ3n) is 6.21. The fourth-order valence-electron chi connectivity index (χ4n) is 4.84. The molecule has 3 atom stereocenters. The molecule has 0 saturated carbocycles. The third kappa shape index (κ3) is 5.16. The second kappa shape index (κ2) is 9.72. The highest BCUT2D eigenvalue weighted by atomic mass is 33.1. The number of amides is 1. The first-order valence-electron chi connectivity index (χ1n) is 10.7. The molecule has 2 bridgehead atoms. The van der Waals surface area contributed by atoms with Gasteiger partial charge in [-0.1, -0.05) is 34.1 Å². The van der Waals surface area contributed by atoms with Crippen LogP contribution in [0.5, 0.6) is 0 Å². The van der Waals surface area contributed by atoms with Crippen molar-refractivity contribution in [3.05, 3.63) is 34.2 Å². The normalized spacial score (nSPS) is 26.8. The largest absolute Gasteiger partial charge is 0.355 e. The van der Waals surface area contributed by atoms with Crippen molar-refractivity contribution in [1.82, 2.24) is 14.8 Å². The number of hydrogen-bond donors (Lipinski definition) is 1. The van der Waals surface area contributed by atoms with E-state index in [-0.39, 0.29) is 11.5 Å². The van der Waals surface area contributed by atoms with Gasteiger partial charge in [0.2, 0.25) is 5.91 Å². The van der Waals surface area contributed by atoms with Crippen molar-refractivity contribution in [2.24, 2.45) is 5.92 Å². The standard InChI is InChI=1S/C21H31N3O2S2/c25-20(6-2-1-4-18-8-11-27-28-18)22-9-10-23-13-16-12-17(15-23)19-5-3-7-21(26)24(19)14-16/h3,5,7,16-18H,1-2,4,6,8-15H2,(H,22,25)/t16-,17+,18-/m1/s1. The van der Waals surface area contributed by atoms with Gasteiger partial charge in [-0.05, 0) is 37.7 Å². The molecule has 7 heteroatoms. The fraction of sp³-hybridized carbons (Fsp3) is 0.714. The lowest BCUT2D eigenvalue weighted by Crippen LogP contribution is -2.48. The lowest BCUT2D eigenvalue weighted by molar-refractivity contribution is -0.121. The van der Waals surface area contributed by atoms with Crippen molar-refractivity contribution in [2.75, 3.05) is 31.9 Å². The highest BCUT2D eigenvalue weighted by molar-refractivity contribution is 8.77. The minimum atomic E-state index is 0.137. The Kier molecular flexibility index (Phi) is 7.07. The van der Waals surface area contributed by atoms with E-state index in [2.05, 4.69) is 16.3 Å². The van der Waals surface area contributed by atoms with Crippen LogP contribution in [0.1, 0.15) is 50.1 Å². The number of unbranched alkanes of at least 4 members (excludes halogenated alkanes) is 1. The second-order valence-electron chi connectivity index (χ2n) is 8.38. The first kappa shape index (κ1) is 20.4. The number of hydrogen-bond acceptors (Lipinski definition) is 5. The molecule has 5 nitrogen and oxygen atoms in total. The van der Waals surface area contributed by atoms with Gasteiger partial charge in [-0.2, -0.15) is 0 Å². The highest BCUT2D eigenvalue weighted by Crippen LogP contribution is 2.40. The Bertz CT molecular complexity index is 733. The summed E-state index contributed by atoms with van der Waals surface area (Å²) in [6.45, 7) is 4.50. The van der Waals surface area contributed by atoms with E-state index in [1.807, 2.05) is 32.2 Å². The molecule has 28 heavy (non-hydrogen) atoms. The molecule has 2 fully saturated rings. The number of nitrogens with one attached hydrogen (secondary N) is 1. The van der Waals surface area contributed by atoms with Crippen LogP contribution in [0.2, 0.25) is 0 Å². The SMILES string of the molecule is O=C(CCCC[C@@H]1CCSS1)NCCN1C[C@H]2C[C@@H](C1)c1cccc(=O)n1C2. The zero-order valence-electron chi connectivity index (χ0n) is 16.5. The van der Waals surface area contributed by atoms with Crippen LogP contribution in [0.4, 0.5) is 0 Å². The molecule has 0 aliphatic carbocycles. The number of carbonyl (C=O) groups is 1. The first-order valence-corrected chi connectivity index (χ1v) is 13.0. The van der Waals surface area contributed by atoms with Crippen molar-refractivity contribution in [2.45, 2.75) is 56.2 Å². The number of fused-ring (bicyclic) bond motifs is 4. The molecule has 1 N–H and O–H groups in total. The second-order valence-corrected chi connectivity index (χ2v) is 11.2. The summed E-state index contributed by atoms with van der Waals surface area (Å²) in [6, 6.07) is 5.66. The Labute approximate surface area is 175 Å². The van der Waals surface area contributed by atoms with Gasteiger partial charge in [-0.3, -0.25) is 9.59 Å². The molecule has 1 aromatic rings. The lowest BCUT2D eigenvalue weighted by Gasteiger charge is -2.42. The highest BCUT2D eigenvalue weighted by Gasteiger charge is 2.34. The minimum absolute atomic E-state index is 0.137. The third-order valence-corrected chi connectivity index (χ3v) is 9.22. The predicted molar refractivity (Wildman–Crippen MR) is 118 cm³/mol. The Hall–Kier alpha value is -0.920. The molecule has 4 rings (SSSR count). The van der Waals surface area contributed by atoms with Crippen LogP contribution in [0.25, 0.3) is 0 Å². The molecule has 1 aromatic heterocycles. The van der Waals surface area contributed by atoms with E-state index in [1.54, 1.807) is 6.07 Å². The van der Waals surface area contributed by atoms with Gasteiger partial charge in [-0.25, -0.2) is 0 Å². The average molecular weight is 422 g/mol. The van der Waals surface area contributed by atoms with Crippen LogP contribution in [0.3, 0.4) is 0 Å². The van der Waals surface area contributed by atoms with Crippen molar-refractivity contribution in [1.29, 1.82) is 0 Å². The summed E-state index contributed by atoms with van der Waals surface area (Å²) in [5.41, 5.74) is 1.33. The maximum absolute atomic E-state index is 12.1. The topological polar surface area (TPSA) is 54.3 Å². The van der Waals surface area contributed by atoms with E-state index in [9.17, 15) is 9.59 Å². The molecule has 1 amide bonds. The molecular weight excluding hydrogens is 390 g/mol. The zero-order valence-corrected chi connectivity index (χ0v) is 18.1. The predicted octanol–water partition coefficient (Wildman–Crippen LogP) is 3.10. The van der Waals surface area contributed by atoms with Crippen LogP contribution in [-0.4, -0.2) is 52.6 Å². The van der Waals surface area contributed by atoms with Crippen molar-refractivity contribution < 1.29 is 4.79 Å². The molecular formula is C21H31N3O2S2. The Balaban J connectivity index is 1.15. The van der Waals surface area contributed by atoms with Crippen LogP contribution in [0.15, 0.2) is 23.0 Å². The number of nitrogens with zero attached hydrogens (tertiary/aromatic N) is 2. The zero-order chi connectivity index (χ0) is 19.3. The minimum Gasteiger partial charge on any atom is -0.355 e. The van der Waals surface area contributed by atoms with Gasteiger partial charge in [0.15, 0.2) is 0 Å². The van der Waals surface area contributed by atoms with Crippen LogP contribution in [0, 0.1) is 5.92 Å². The Morgan fingerprint density at radius 3 is 3.00 bits per heavy atom. The van der Waals surface area contributed by atoms with E-state index in [0.717, 1.165) is 44.4 Å². The summed E-state index contributed by atoms with van der Waals surface area (Å²) in [6.07, 6.45) is 6.60. The number of rotatable bonds is 8. The number of pyridine rings is 1. The monoisotopic (exact) mass is 421 g/mol. The number of likely N-dealkylation sites (tertiary alicyclic amines) is 1. The summed E-state index contributed by atoms with van der Waals surface area (Å²) in [4.78, 5) is 26.7. The van der Waals surface area contributed by atoms with E-state index < -0.39 is 0 Å². The molecule has 0 spiro atoms. The quantitative estimate of drug-likeness (QED) is 0.516. The van der Waals surface area contributed by atoms with Crippen molar-refractivity contribution in [3.8, 4) is 0 Å². The summed E-state index contributed by atoms with van der Waals surface area (Å²) < 4.78 is 1.97. The lowest BCUT2D eigenvalue weighted by atomic mass is 9.83. The molecule has 3 aliphatic heterocycles. The summed E-state index contributed by atoms with van der Waals surface area (Å²) in [5.74, 6) is 2.48. The smallest absolute Gasteiger partial charge is 0.250 e. The number of aromatic nitrogens is 1. The maximum Gasteiger partial charge on any atom is 0.250 e. The van der Waals surface area contributed by atoms with Gasteiger partial charge >= 0.3 is 0 Å². The van der Waals surface area contributed by atoms with Gasteiger partial charge in [0.05, 0.1) is 0 Å². The van der Waals surface area contributed by atoms with E-state index in [0.29, 0.717) is 18.3 Å². The van der Waals surface area contributed by atoms with Crippen molar-refractivity contribution >= 4 is 27.5 Å². The Morgan fingerprint density at radius 2 is 2.14 bits per heavy atom. The first-order chi connectivity index (χ1) is 13.7. The molecule has 3 aliphatic rings. The van der Waals surface area contributed by atoms with Gasteiger partial charge in [0, 0.05) is 67.8 Å². The molecule has 2 saturated heterocycles. The fourth-order valence-corrected chi connectivity index (χ4v) is 7.87. The Morgan fingerprint density at radius 1 is 1.21 bits per heavy atom. The molecule has 4 heterocycles. The van der Waals surface area contributed by atoms with Gasteiger partial charge in [0.25, 0.3) is 5.56 Å². The molecule has 154 valence electrons. The van der Waals surface area contributed by atoms with Gasteiger partial charge in [-0.15, -0.1) is 0 Å². The van der Waals surface area contributed by atoms with Crippen LogP contribution in [-0.2, 0) is 11.3 Å². The average Bonchev–Trinajstić information content (AvgIpc) is 3.20. The van der Waals surface area contributed by atoms with Crippen LogP contribution >= 0.6 is 21.6 Å². The van der Waals surface area contributed by atoms with E-state index >= 15 is 0 Å². The van der Waals surface area contributed by atoms with E-state index in [1.165, 1.54) is 37.1 Å². The van der Waals surface area contributed by atoms with Gasteiger partial charge < -0.3 is 14.8 Å². The molecule has 0 unspecified atom stereocenters. The molecule has 0 aromatic carbocycles. The number of carbonyl (C=O) groups excluding carboxylic acids is 1. The van der Waals surface area contributed by atoms with Crippen LogP contribution < -0.4 is 10.9 Å².